The van der Waals surface area contributed by atoms with Crippen LogP contribution in [-0.4, -0.2) is 9.97 Å². The van der Waals surface area contributed by atoms with E-state index in [-0.39, 0.29) is 0 Å². The highest BCUT2D eigenvalue weighted by atomic mass is 35.5. The minimum atomic E-state index is 0.366. The summed E-state index contributed by atoms with van der Waals surface area (Å²) in [7, 11) is 0. The van der Waals surface area contributed by atoms with E-state index in [0.717, 1.165) is 5.56 Å². The van der Waals surface area contributed by atoms with Crippen LogP contribution in [0.2, 0.25) is 15.1 Å². The van der Waals surface area contributed by atoms with Crippen molar-refractivity contribution in [1.82, 2.24) is 9.97 Å². The summed E-state index contributed by atoms with van der Waals surface area (Å²) >= 11 is 18.4. The first-order valence-corrected chi connectivity index (χ1v) is 8.48. The molecule has 0 saturated heterocycles. The van der Waals surface area contributed by atoms with Gasteiger partial charge in [0.15, 0.2) is 11.6 Å². The summed E-state index contributed by atoms with van der Waals surface area (Å²) in [5, 5.41) is 7.75. The van der Waals surface area contributed by atoms with Gasteiger partial charge in [0.05, 0.1) is 15.7 Å². The van der Waals surface area contributed by atoms with Crippen LogP contribution in [0.1, 0.15) is 5.56 Å². The van der Waals surface area contributed by atoms with E-state index in [1.807, 2.05) is 24.3 Å². The van der Waals surface area contributed by atoms with E-state index in [1.54, 1.807) is 18.2 Å². The van der Waals surface area contributed by atoms with Crippen LogP contribution in [0.3, 0.4) is 0 Å². The van der Waals surface area contributed by atoms with Gasteiger partial charge >= 0.3 is 0 Å². The van der Waals surface area contributed by atoms with Crippen molar-refractivity contribution < 1.29 is 0 Å². The molecule has 1 aromatic heterocycles. The maximum absolute atomic E-state index is 6.18. The molecule has 0 unspecified atom stereocenters. The van der Waals surface area contributed by atoms with Gasteiger partial charge in [-0.3, -0.25) is 0 Å². The van der Waals surface area contributed by atoms with E-state index in [1.165, 1.54) is 6.33 Å². The van der Waals surface area contributed by atoms with Gasteiger partial charge in [0.2, 0.25) is 0 Å². The van der Waals surface area contributed by atoms with E-state index < -0.39 is 0 Å². The fourth-order valence-corrected chi connectivity index (χ4v) is 2.73. The molecular weight excluding hydrogens is 381 g/mol. The standard InChI is InChI=1S/C17H14Cl3N5/c18-11-5-2-1-4-10(11)8-22-16-15(21)17(24-9-23-16)25-13-7-3-6-12(19)14(13)20/h1-7,9H,8,21H2,(H2,22,23,24,25). The van der Waals surface area contributed by atoms with E-state index in [0.29, 0.717) is 44.6 Å². The molecule has 0 saturated carbocycles. The van der Waals surface area contributed by atoms with Gasteiger partial charge in [0.25, 0.3) is 0 Å². The van der Waals surface area contributed by atoms with E-state index in [2.05, 4.69) is 20.6 Å². The van der Waals surface area contributed by atoms with Crippen LogP contribution in [0.4, 0.5) is 23.0 Å². The molecule has 2 aromatic carbocycles. The maximum Gasteiger partial charge on any atom is 0.159 e. The van der Waals surface area contributed by atoms with E-state index >= 15 is 0 Å². The summed E-state index contributed by atoms with van der Waals surface area (Å²) in [5.74, 6) is 0.927. The second-order valence-electron chi connectivity index (χ2n) is 5.16. The number of nitrogens with two attached hydrogens (primary N) is 1. The summed E-state index contributed by atoms with van der Waals surface area (Å²) in [4.78, 5) is 8.34. The van der Waals surface area contributed by atoms with Crippen molar-refractivity contribution in [1.29, 1.82) is 0 Å². The number of aromatic nitrogens is 2. The molecule has 4 N–H and O–H groups in total. The molecule has 1 heterocycles. The number of halogens is 3. The van der Waals surface area contributed by atoms with Gasteiger partial charge in [-0.2, -0.15) is 0 Å². The predicted molar refractivity (Wildman–Crippen MR) is 105 cm³/mol. The van der Waals surface area contributed by atoms with Gasteiger partial charge in [0, 0.05) is 11.6 Å². The summed E-state index contributed by atoms with van der Waals surface area (Å²) in [6.07, 6.45) is 1.41. The van der Waals surface area contributed by atoms with Crippen LogP contribution < -0.4 is 16.4 Å². The molecule has 0 aliphatic carbocycles. The zero-order chi connectivity index (χ0) is 17.8. The Hall–Kier alpha value is -2.21. The lowest BCUT2D eigenvalue weighted by molar-refractivity contribution is 1.09. The molecule has 3 aromatic rings. The molecule has 3 rings (SSSR count). The molecule has 0 bridgehead atoms. The van der Waals surface area contributed by atoms with Gasteiger partial charge < -0.3 is 16.4 Å². The van der Waals surface area contributed by atoms with Gasteiger partial charge in [-0.1, -0.05) is 59.1 Å². The third-order valence-electron chi connectivity index (χ3n) is 3.49. The molecule has 5 nitrogen and oxygen atoms in total. The van der Waals surface area contributed by atoms with Crippen molar-refractivity contribution >= 4 is 57.8 Å². The zero-order valence-electron chi connectivity index (χ0n) is 12.9. The molecule has 0 amide bonds. The SMILES string of the molecule is Nc1c(NCc2ccccc2Cl)ncnc1Nc1cccc(Cl)c1Cl. The minimum Gasteiger partial charge on any atom is -0.393 e. The number of anilines is 4. The second kappa shape index (κ2) is 7.78. The average Bonchev–Trinajstić information content (AvgIpc) is 2.61. The molecule has 0 radical (unpaired) electrons. The molecule has 25 heavy (non-hydrogen) atoms. The summed E-state index contributed by atoms with van der Waals surface area (Å²) in [6.45, 7) is 0.484. The Labute approximate surface area is 160 Å². The summed E-state index contributed by atoms with van der Waals surface area (Å²) in [5.41, 5.74) is 8.08. The van der Waals surface area contributed by atoms with Crippen molar-refractivity contribution in [3.63, 3.8) is 0 Å². The van der Waals surface area contributed by atoms with Crippen LogP contribution in [0.25, 0.3) is 0 Å². The van der Waals surface area contributed by atoms with Crippen molar-refractivity contribution in [2.24, 2.45) is 0 Å². The largest absolute Gasteiger partial charge is 0.393 e. The fraction of sp³-hybridized carbons (Fsp3) is 0.0588. The van der Waals surface area contributed by atoms with Crippen molar-refractivity contribution in [2.75, 3.05) is 16.4 Å². The lowest BCUT2D eigenvalue weighted by Gasteiger charge is -2.14. The van der Waals surface area contributed by atoms with Crippen molar-refractivity contribution in [2.45, 2.75) is 6.54 Å². The first-order chi connectivity index (χ1) is 12.1. The number of nitrogens with one attached hydrogen (secondary N) is 2. The van der Waals surface area contributed by atoms with Gasteiger partial charge in [0.1, 0.15) is 12.0 Å². The Morgan fingerprint density at radius 3 is 2.40 bits per heavy atom. The number of nitrogen functional groups attached to an aromatic ring is 1. The molecule has 0 spiro atoms. The maximum atomic E-state index is 6.18. The Bertz CT molecular complexity index is 901. The first-order valence-electron chi connectivity index (χ1n) is 7.35. The molecular formula is C17H14Cl3N5. The average molecular weight is 395 g/mol. The highest BCUT2D eigenvalue weighted by molar-refractivity contribution is 6.43. The Morgan fingerprint density at radius 1 is 0.880 bits per heavy atom. The van der Waals surface area contributed by atoms with Crippen molar-refractivity contribution in [3.05, 3.63) is 69.4 Å². The summed E-state index contributed by atoms with van der Waals surface area (Å²) in [6, 6.07) is 12.8. The predicted octanol–water partition coefficient (Wildman–Crippen LogP) is 5.37. The lowest BCUT2D eigenvalue weighted by atomic mass is 10.2. The number of benzene rings is 2. The molecule has 8 heteroatoms. The minimum absolute atomic E-state index is 0.366. The van der Waals surface area contributed by atoms with E-state index in [9.17, 15) is 0 Å². The Balaban J connectivity index is 1.80. The number of nitrogens with zero attached hydrogens (tertiary/aromatic N) is 2. The van der Waals surface area contributed by atoms with E-state index in [4.69, 9.17) is 40.5 Å². The number of rotatable bonds is 5. The number of hydrogen-bond acceptors (Lipinski definition) is 5. The first kappa shape index (κ1) is 17.6. The zero-order valence-corrected chi connectivity index (χ0v) is 15.2. The fourth-order valence-electron chi connectivity index (χ4n) is 2.18. The van der Waals surface area contributed by atoms with Crippen LogP contribution >= 0.6 is 34.8 Å². The van der Waals surface area contributed by atoms with Crippen LogP contribution in [-0.2, 0) is 6.54 Å². The Kier molecular flexibility index (Phi) is 5.48. The molecule has 0 fully saturated rings. The third-order valence-corrected chi connectivity index (χ3v) is 4.68. The van der Waals surface area contributed by atoms with Gasteiger partial charge in [-0.15, -0.1) is 0 Å². The van der Waals surface area contributed by atoms with Crippen LogP contribution in [0.5, 0.6) is 0 Å². The monoisotopic (exact) mass is 393 g/mol. The number of hydrogen-bond donors (Lipinski definition) is 3. The highest BCUT2D eigenvalue weighted by Gasteiger charge is 2.11. The normalized spacial score (nSPS) is 10.5. The second-order valence-corrected chi connectivity index (χ2v) is 6.35. The smallest absolute Gasteiger partial charge is 0.159 e. The quantitative estimate of drug-likeness (QED) is 0.542. The van der Waals surface area contributed by atoms with Crippen LogP contribution in [0.15, 0.2) is 48.8 Å². The molecule has 128 valence electrons. The lowest BCUT2D eigenvalue weighted by Crippen LogP contribution is -2.08. The molecule has 0 aliphatic rings. The van der Waals surface area contributed by atoms with Crippen LogP contribution in [0, 0.1) is 0 Å². The van der Waals surface area contributed by atoms with Gasteiger partial charge in [-0.05, 0) is 23.8 Å². The topological polar surface area (TPSA) is 75.9 Å². The Morgan fingerprint density at radius 2 is 1.60 bits per heavy atom. The molecule has 0 aliphatic heterocycles. The summed E-state index contributed by atoms with van der Waals surface area (Å²) < 4.78 is 0. The highest BCUT2D eigenvalue weighted by Crippen LogP contribution is 2.33. The van der Waals surface area contributed by atoms with Gasteiger partial charge in [-0.25, -0.2) is 9.97 Å². The third kappa shape index (κ3) is 4.07. The van der Waals surface area contributed by atoms with Crippen molar-refractivity contribution in [3.8, 4) is 0 Å². The molecule has 0 atom stereocenters.